The van der Waals surface area contributed by atoms with Crippen molar-refractivity contribution in [1.29, 1.82) is 5.26 Å². The van der Waals surface area contributed by atoms with E-state index < -0.39 is 5.97 Å². The fourth-order valence-electron chi connectivity index (χ4n) is 3.21. The van der Waals surface area contributed by atoms with E-state index in [0.29, 0.717) is 16.9 Å². The number of rotatable bonds is 2. The van der Waals surface area contributed by atoms with Crippen molar-refractivity contribution in [3.63, 3.8) is 0 Å². The lowest BCUT2D eigenvalue weighted by molar-refractivity contribution is -0.617. The third-order valence-electron chi connectivity index (χ3n) is 4.47. The Kier molecular flexibility index (Phi) is 3.83. The van der Waals surface area contributed by atoms with Crippen LogP contribution in [-0.4, -0.2) is 5.97 Å². The van der Waals surface area contributed by atoms with Gasteiger partial charge in [0.2, 0.25) is 11.0 Å². The van der Waals surface area contributed by atoms with E-state index in [2.05, 4.69) is 10.6 Å². The summed E-state index contributed by atoms with van der Waals surface area (Å²) in [6.45, 7) is 0. The lowest BCUT2D eigenvalue weighted by Gasteiger charge is -2.10. The molecule has 0 bridgehead atoms. The summed E-state index contributed by atoms with van der Waals surface area (Å²) < 4.78 is 7.67. The molecule has 4 heteroatoms. The zero-order chi connectivity index (χ0) is 18.1. The third kappa shape index (κ3) is 2.56. The second-order valence-electron chi connectivity index (χ2n) is 5.99. The van der Waals surface area contributed by atoms with Crippen LogP contribution in [0, 0.1) is 11.3 Å². The molecule has 4 aromatic rings. The molecule has 0 amide bonds. The van der Waals surface area contributed by atoms with Crippen LogP contribution in [0.2, 0.25) is 0 Å². The average molecular weight is 339 g/mol. The Morgan fingerprint density at radius 1 is 0.885 bits per heavy atom. The van der Waals surface area contributed by atoms with Crippen molar-refractivity contribution < 1.29 is 14.1 Å². The second kappa shape index (κ2) is 6.30. The minimum absolute atomic E-state index is 0.412. The van der Waals surface area contributed by atoms with Crippen LogP contribution in [0.1, 0.15) is 15.9 Å². The van der Waals surface area contributed by atoms with Crippen molar-refractivity contribution in [2.24, 2.45) is 7.05 Å². The van der Waals surface area contributed by atoms with E-state index in [4.69, 9.17) is 10.00 Å². The molecule has 0 radical (unpaired) electrons. The monoisotopic (exact) mass is 339 g/mol. The number of hydrogen-bond acceptors (Lipinski definition) is 3. The molecule has 0 unspecified atom stereocenters. The van der Waals surface area contributed by atoms with Gasteiger partial charge in [0, 0.05) is 12.1 Å². The standard InChI is InChI=1S/C22H15N2O2/c1-24-19-8-4-2-6-17(19)21(18-7-3-5-9-20(18)24)22(25)26-16-12-10-15(14-23)11-13-16/h2-13H,1H3/q+1. The van der Waals surface area contributed by atoms with E-state index in [1.54, 1.807) is 24.3 Å². The van der Waals surface area contributed by atoms with Gasteiger partial charge in [-0.3, -0.25) is 0 Å². The first kappa shape index (κ1) is 15.8. The molecular weight excluding hydrogens is 324 g/mol. The minimum atomic E-state index is -0.414. The van der Waals surface area contributed by atoms with Gasteiger partial charge in [-0.25, -0.2) is 4.79 Å². The minimum Gasteiger partial charge on any atom is -0.423 e. The van der Waals surface area contributed by atoms with Gasteiger partial charge >= 0.3 is 5.97 Å². The SMILES string of the molecule is C[n+]1c2ccccc2c(C(=O)Oc2ccc(C#N)cc2)c2ccccc21. The van der Waals surface area contributed by atoms with E-state index in [1.165, 1.54) is 0 Å². The number of fused-ring (bicyclic) bond motifs is 2. The van der Waals surface area contributed by atoms with Gasteiger partial charge in [-0.1, -0.05) is 24.3 Å². The van der Waals surface area contributed by atoms with Gasteiger partial charge in [0.25, 0.3) is 0 Å². The van der Waals surface area contributed by atoms with Crippen LogP contribution >= 0.6 is 0 Å². The molecule has 3 aromatic carbocycles. The number of esters is 1. The van der Waals surface area contributed by atoms with Crippen LogP contribution in [0.3, 0.4) is 0 Å². The van der Waals surface area contributed by atoms with E-state index in [9.17, 15) is 4.79 Å². The highest BCUT2D eigenvalue weighted by Gasteiger charge is 2.23. The Bertz CT molecular complexity index is 1130. The lowest BCUT2D eigenvalue weighted by atomic mass is 10.0. The number of pyridine rings is 1. The number of aryl methyl sites for hydroxylation is 1. The van der Waals surface area contributed by atoms with Gasteiger partial charge in [-0.05, 0) is 36.4 Å². The summed E-state index contributed by atoms with van der Waals surface area (Å²) in [6, 6.07) is 24.1. The zero-order valence-corrected chi connectivity index (χ0v) is 14.1. The second-order valence-corrected chi connectivity index (χ2v) is 5.99. The fraction of sp³-hybridized carbons (Fsp3) is 0.0455. The van der Waals surface area contributed by atoms with Crippen LogP contribution in [0.4, 0.5) is 0 Å². The van der Waals surface area contributed by atoms with Crippen molar-refractivity contribution >= 4 is 27.8 Å². The first-order valence-electron chi connectivity index (χ1n) is 8.21. The molecule has 26 heavy (non-hydrogen) atoms. The number of carbonyl (C=O) groups is 1. The fourth-order valence-corrected chi connectivity index (χ4v) is 3.21. The molecule has 1 aromatic heterocycles. The first-order valence-corrected chi connectivity index (χ1v) is 8.21. The molecule has 0 atom stereocenters. The number of nitrogens with zero attached hydrogens (tertiary/aromatic N) is 2. The van der Waals surface area contributed by atoms with Crippen LogP contribution in [0.25, 0.3) is 21.8 Å². The molecule has 4 rings (SSSR count). The predicted octanol–water partition coefficient (Wildman–Crippen LogP) is 3.91. The third-order valence-corrected chi connectivity index (χ3v) is 4.47. The van der Waals surface area contributed by atoms with E-state index >= 15 is 0 Å². The summed E-state index contributed by atoms with van der Waals surface area (Å²) in [6.07, 6.45) is 0. The van der Waals surface area contributed by atoms with Crippen molar-refractivity contribution in [2.75, 3.05) is 0 Å². The summed E-state index contributed by atoms with van der Waals surface area (Å²) in [5, 5.41) is 10.6. The highest BCUT2D eigenvalue weighted by atomic mass is 16.5. The van der Waals surface area contributed by atoms with Crippen molar-refractivity contribution in [1.82, 2.24) is 0 Å². The molecule has 1 heterocycles. The molecule has 124 valence electrons. The van der Waals surface area contributed by atoms with Gasteiger partial charge < -0.3 is 4.74 Å². The Hall–Kier alpha value is -3.71. The molecule has 4 nitrogen and oxygen atoms in total. The zero-order valence-electron chi connectivity index (χ0n) is 14.1. The van der Waals surface area contributed by atoms with Gasteiger partial charge in [0.05, 0.1) is 28.0 Å². The summed E-state index contributed by atoms with van der Waals surface area (Å²) in [5.74, 6) is -0.00176. The molecule has 0 saturated heterocycles. The van der Waals surface area contributed by atoms with Crippen LogP contribution in [0.15, 0.2) is 72.8 Å². The largest absolute Gasteiger partial charge is 0.423 e. The highest BCUT2D eigenvalue weighted by Crippen LogP contribution is 2.26. The van der Waals surface area contributed by atoms with E-state index in [1.807, 2.05) is 55.6 Å². The Balaban J connectivity index is 1.89. The van der Waals surface area contributed by atoms with Crippen LogP contribution in [-0.2, 0) is 7.05 Å². The lowest BCUT2D eigenvalue weighted by Crippen LogP contribution is -2.31. The van der Waals surface area contributed by atoms with Gasteiger partial charge in [-0.2, -0.15) is 9.83 Å². The number of nitriles is 1. The first-order chi connectivity index (χ1) is 12.7. The summed E-state index contributed by atoms with van der Waals surface area (Å²) >= 11 is 0. The molecule has 0 aliphatic carbocycles. The van der Waals surface area contributed by atoms with Crippen molar-refractivity contribution in [3.05, 3.63) is 83.9 Å². The van der Waals surface area contributed by atoms with Crippen LogP contribution in [0.5, 0.6) is 5.75 Å². The molecule has 0 aliphatic heterocycles. The Labute approximate surface area is 150 Å². The summed E-state index contributed by atoms with van der Waals surface area (Å²) in [7, 11) is 1.99. The number of carbonyl (C=O) groups excluding carboxylic acids is 1. The quantitative estimate of drug-likeness (QED) is 0.241. The maximum atomic E-state index is 13.0. The van der Waals surface area contributed by atoms with Gasteiger partial charge in [-0.15, -0.1) is 0 Å². The molecular formula is C22H15N2O2+. The molecule has 0 saturated carbocycles. The number of para-hydroxylation sites is 2. The van der Waals surface area contributed by atoms with E-state index in [-0.39, 0.29) is 0 Å². The maximum absolute atomic E-state index is 13.0. The molecule has 0 aliphatic rings. The summed E-state index contributed by atoms with van der Waals surface area (Å²) in [4.78, 5) is 13.0. The maximum Gasteiger partial charge on any atom is 0.345 e. The topological polar surface area (TPSA) is 54.0 Å². The Morgan fingerprint density at radius 3 is 1.96 bits per heavy atom. The average Bonchev–Trinajstić information content (AvgIpc) is 2.69. The number of ether oxygens (including phenoxy) is 1. The molecule has 0 spiro atoms. The number of aromatic nitrogens is 1. The van der Waals surface area contributed by atoms with Gasteiger partial charge in [0.1, 0.15) is 12.8 Å². The van der Waals surface area contributed by atoms with Gasteiger partial charge in [0.15, 0.2) is 0 Å². The molecule has 0 fully saturated rings. The Morgan fingerprint density at radius 2 is 1.42 bits per heavy atom. The highest BCUT2D eigenvalue weighted by molar-refractivity contribution is 6.13. The smallest absolute Gasteiger partial charge is 0.345 e. The normalized spacial score (nSPS) is 10.6. The van der Waals surface area contributed by atoms with Crippen LogP contribution < -0.4 is 9.30 Å². The summed E-state index contributed by atoms with van der Waals surface area (Å²) in [5.41, 5.74) is 2.97. The predicted molar refractivity (Wildman–Crippen MR) is 98.7 cm³/mol. The van der Waals surface area contributed by atoms with Crippen molar-refractivity contribution in [2.45, 2.75) is 0 Å². The number of hydrogen-bond donors (Lipinski definition) is 0. The molecule has 0 N–H and O–H groups in total. The van der Waals surface area contributed by atoms with Crippen molar-refractivity contribution in [3.8, 4) is 11.8 Å². The number of benzene rings is 3. The van der Waals surface area contributed by atoms with E-state index in [0.717, 1.165) is 21.8 Å².